The van der Waals surface area contributed by atoms with Crippen molar-refractivity contribution in [3.05, 3.63) is 80.9 Å². The molecule has 3 rings (SSSR count). The molecule has 0 aliphatic rings. The summed E-state index contributed by atoms with van der Waals surface area (Å²) in [6.45, 7) is 2.32. The fourth-order valence-electron chi connectivity index (χ4n) is 2.69. The third-order valence-corrected chi connectivity index (χ3v) is 4.68. The average molecular weight is 431 g/mol. The number of pyridine rings is 1. The van der Waals surface area contributed by atoms with Crippen molar-refractivity contribution in [2.45, 2.75) is 13.5 Å². The molecule has 0 spiro atoms. The molecule has 0 saturated carbocycles. The van der Waals surface area contributed by atoms with Gasteiger partial charge in [-0.2, -0.15) is 0 Å². The zero-order valence-electron chi connectivity index (χ0n) is 14.1. The number of rotatable bonds is 4. The number of aromatic nitrogens is 1. The molecule has 0 aliphatic carbocycles. The zero-order valence-corrected chi connectivity index (χ0v) is 16.4. The highest BCUT2D eigenvalue weighted by atomic mass is 79.9. The summed E-state index contributed by atoms with van der Waals surface area (Å²) in [4.78, 5) is 16.7. The fourth-order valence-corrected chi connectivity index (χ4v) is 3.24. The van der Waals surface area contributed by atoms with Gasteiger partial charge in [0, 0.05) is 33.4 Å². The lowest BCUT2D eigenvalue weighted by molar-refractivity contribution is 0.0950. The molecular weight excluding hydrogens is 414 g/mol. The normalized spacial score (nSPS) is 10.6. The van der Waals surface area contributed by atoms with Gasteiger partial charge < -0.3 is 11.1 Å². The molecule has 0 atom stereocenters. The lowest BCUT2D eigenvalue weighted by Crippen LogP contribution is -2.23. The summed E-state index contributed by atoms with van der Waals surface area (Å²) in [7, 11) is 0. The number of nitrogens with zero attached hydrogens (tertiary/aromatic N) is 1. The van der Waals surface area contributed by atoms with Crippen molar-refractivity contribution in [3.63, 3.8) is 0 Å². The third-order valence-electron chi connectivity index (χ3n) is 4.01. The Bertz CT molecular complexity index is 975. The van der Waals surface area contributed by atoms with Gasteiger partial charge in [-0.05, 0) is 63.8 Å². The highest BCUT2D eigenvalue weighted by molar-refractivity contribution is 9.10. The minimum Gasteiger partial charge on any atom is -0.383 e. The van der Waals surface area contributed by atoms with E-state index < -0.39 is 0 Å². The van der Waals surface area contributed by atoms with E-state index >= 15 is 0 Å². The topological polar surface area (TPSA) is 68.0 Å². The molecular formula is C20H17BrClN3O. The van der Waals surface area contributed by atoms with Crippen molar-refractivity contribution in [3.8, 4) is 11.1 Å². The largest absolute Gasteiger partial charge is 0.383 e. The van der Waals surface area contributed by atoms with Crippen LogP contribution in [0.25, 0.3) is 11.1 Å². The maximum absolute atomic E-state index is 12.5. The summed E-state index contributed by atoms with van der Waals surface area (Å²) in [6.07, 6.45) is 1.66. The van der Waals surface area contributed by atoms with Gasteiger partial charge in [0.2, 0.25) is 0 Å². The number of hydrogen-bond acceptors (Lipinski definition) is 3. The van der Waals surface area contributed by atoms with E-state index in [-0.39, 0.29) is 5.91 Å². The van der Waals surface area contributed by atoms with E-state index in [0.29, 0.717) is 22.9 Å². The van der Waals surface area contributed by atoms with Gasteiger partial charge in [0.25, 0.3) is 5.91 Å². The fraction of sp³-hybridized carbons (Fsp3) is 0.100. The molecule has 0 radical (unpaired) electrons. The smallest absolute Gasteiger partial charge is 0.251 e. The van der Waals surface area contributed by atoms with Crippen LogP contribution in [-0.4, -0.2) is 10.9 Å². The van der Waals surface area contributed by atoms with Gasteiger partial charge in [-0.25, -0.2) is 4.98 Å². The maximum Gasteiger partial charge on any atom is 0.251 e. The second-order valence-electron chi connectivity index (χ2n) is 5.93. The first-order valence-corrected chi connectivity index (χ1v) is 9.16. The van der Waals surface area contributed by atoms with Crippen LogP contribution in [0.5, 0.6) is 0 Å². The summed E-state index contributed by atoms with van der Waals surface area (Å²) in [5.41, 5.74) is 10.2. The Morgan fingerprint density at radius 3 is 2.77 bits per heavy atom. The summed E-state index contributed by atoms with van der Waals surface area (Å²) in [5.74, 6) is 0.320. The molecule has 132 valence electrons. The summed E-state index contributed by atoms with van der Waals surface area (Å²) in [6, 6.07) is 15.0. The summed E-state index contributed by atoms with van der Waals surface area (Å²) < 4.78 is 0.850. The first-order chi connectivity index (χ1) is 12.4. The SMILES string of the molecule is Cc1cc(-c2cc(Br)cnc2N)ccc1C(=O)NCc1cccc(Cl)c1. The predicted molar refractivity (Wildman–Crippen MR) is 109 cm³/mol. The van der Waals surface area contributed by atoms with E-state index in [1.807, 2.05) is 43.3 Å². The molecule has 0 saturated heterocycles. The molecule has 0 unspecified atom stereocenters. The molecule has 0 aliphatic heterocycles. The van der Waals surface area contributed by atoms with E-state index in [9.17, 15) is 4.79 Å². The number of benzene rings is 2. The van der Waals surface area contributed by atoms with Crippen molar-refractivity contribution in [1.29, 1.82) is 0 Å². The molecule has 3 aromatic rings. The highest BCUT2D eigenvalue weighted by Crippen LogP contribution is 2.28. The van der Waals surface area contributed by atoms with Gasteiger partial charge in [-0.15, -0.1) is 0 Å². The second kappa shape index (κ2) is 7.89. The molecule has 2 aromatic carbocycles. The van der Waals surface area contributed by atoms with Crippen molar-refractivity contribution in [1.82, 2.24) is 10.3 Å². The Hall–Kier alpha value is -2.37. The van der Waals surface area contributed by atoms with E-state index in [1.54, 1.807) is 18.3 Å². The van der Waals surface area contributed by atoms with Crippen molar-refractivity contribution < 1.29 is 4.79 Å². The Balaban J connectivity index is 1.79. The number of carbonyl (C=O) groups is 1. The quantitative estimate of drug-likeness (QED) is 0.613. The Kier molecular flexibility index (Phi) is 5.59. The molecule has 6 heteroatoms. The van der Waals surface area contributed by atoms with Gasteiger partial charge in [-0.1, -0.05) is 35.9 Å². The van der Waals surface area contributed by atoms with Crippen molar-refractivity contribution in [2.75, 3.05) is 5.73 Å². The summed E-state index contributed by atoms with van der Waals surface area (Å²) in [5, 5.41) is 3.57. The molecule has 0 bridgehead atoms. The molecule has 1 amide bonds. The van der Waals surface area contributed by atoms with Crippen LogP contribution in [0.2, 0.25) is 5.02 Å². The number of carbonyl (C=O) groups excluding carboxylic acids is 1. The van der Waals surface area contributed by atoms with Crippen molar-refractivity contribution >= 4 is 39.3 Å². The Labute approximate surface area is 165 Å². The number of halogens is 2. The van der Waals surface area contributed by atoms with E-state index in [4.69, 9.17) is 17.3 Å². The number of aryl methyl sites for hydroxylation is 1. The van der Waals surface area contributed by atoms with Gasteiger partial charge in [-0.3, -0.25) is 4.79 Å². The van der Waals surface area contributed by atoms with Crippen LogP contribution in [0.3, 0.4) is 0 Å². The van der Waals surface area contributed by atoms with Gasteiger partial charge in [0.1, 0.15) is 5.82 Å². The Morgan fingerprint density at radius 1 is 1.23 bits per heavy atom. The van der Waals surface area contributed by atoms with Gasteiger partial charge >= 0.3 is 0 Å². The summed E-state index contributed by atoms with van der Waals surface area (Å²) >= 11 is 9.38. The number of nitrogens with one attached hydrogen (secondary N) is 1. The van der Waals surface area contributed by atoms with E-state index in [1.165, 1.54) is 0 Å². The van der Waals surface area contributed by atoms with Gasteiger partial charge in [0.05, 0.1) is 0 Å². The number of nitrogen functional groups attached to an aromatic ring is 1. The molecule has 26 heavy (non-hydrogen) atoms. The number of hydrogen-bond donors (Lipinski definition) is 2. The third kappa shape index (κ3) is 4.23. The van der Waals surface area contributed by atoms with Crippen LogP contribution in [0.4, 0.5) is 5.82 Å². The predicted octanol–water partition coefficient (Wildman–Crippen LogP) is 4.99. The monoisotopic (exact) mass is 429 g/mol. The van der Waals surface area contributed by atoms with E-state index in [2.05, 4.69) is 26.2 Å². The van der Waals surface area contributed by atoms with Crippen LogP contribution < -0.4 is 11.1 Å². The molecule has 4 nitrogen and oxygen atoms in total. The zero-order chi connectivity index (χ0) is 18.7. The molecule has 1 aromatic heterocycles. The molecule has 3 N–H and O–H groups in total. The molecule has 0 fully saturated rings. The average Bonchev–Trinajstić information content (AvgIpc) is 2.61. The minimum absolute atomic E-state index is 0.130. The lowest BCUT2D eigenvalue weighted by Gasteiger charge is -2.11. The van der Waals surface area contributed by atoms with E-state index in [0.717, 1.165) is 26.7 Å². The Morgan fingerprint density at radius 2 is 2.04 bits per heavy atom. The van der Waals surface area contributed by atoms with Crippen LogP contribution >= 0.6 is 27.5 Å². The standard InChI is InChI=1S/C20H17BrClN3O/c1-12-7-14(18-9-15(21)11-24-19(18)23)5-6-17(12)20(26)25-10-13-3-2-4-16(22)8-13/h2-9,11H,10H2,1H3,(H2,23,24)(H,25,26). The van der Waals surface area contributed by atoms with Crippen LogP contribution in [0, 0.1) is 6.92 Å². The first kappa shape index (κ1) is 18.4. The number of anilines is 1. The van der Waals surface area contributed by atoms with Gasteiger partial charge in [0.15, 0.2) is 0 Å². The number of amides is 1. The van der Waals surface area contributed by atoms with Crippen LogP contribution in [0.15, 0.2) is 59.2 Å². The highest BCUT2D eigenvalue weighted by Gasteiger charge is 2.12. The maximum atomic E-state index is 12.5. The van der Waals surface area contributed by atoms with Crippen LogP contribution in [-0.2, 0) is 6.54 Å². The van der Waals surface area contributed by atoms with Crippen molar-refractivity contribution in [2.24, 2.45) is 0 Å². The lowest BCUT2D eigenvalue weighted by atomic mass is 10.00. The second-order valence-corrected chi connectivity index (χ2v) is 7.28. The minimum atomic E-state index is -0.130. The number of nitrogens with two attached hydrogens (primary N) is 1. The first-order valence-electron chi connectivity index (χ1n) is 7.99. The molecule has 1 heterocycles. The van der Waals surface area contributed by atoms with Crippen LogP contribution in [0.1, 0.15) is 21.5 Å².